The molecule has 1 aromatic carbocycles. The van der Waals surface area contributed by atoms with E-state index in [9.17, 15) is 10.1 Å². The van der Waals surface area contributed by atoms with Gasteiger partial charge < -0.3 is 10.1 Å². The first-order valence-corrected chi connectivity index (χ1v) is 8.92. The minimum absolute atomic E-state index is 0.225. The first-order valence-electron chi connectivity index (χ1n) is 8.54. The number of benzene rings is 1. The molecule has 0 saturated carbocycles. The molecule has 2 aromatic rings. The molecule has 0 aliphatic rings. The van der Waals surface area contributed by atoms with Crippen LogP contribution in [0.5, 0.6) is 5.75 Å². The quantitative estimate of drug-likeness (QED) is 0.538. The third kappa shape index (κ3) is 5.33. The van der Waals surface area contributed by atoms with Gasteiger partial charge in [-0.1, -0.05) is 18.5 Å². The van der Waals surface area contributed by atoms with E-state index in [1.54, 1.807) is 18.3 Å². The zero-order valence-electron chi connectivity index (χ0n) is 15.5. The molecule has 0 saturated heterocycles. The van der Waals surface area contributed by atoms with Crippen molar-refractivity contribution in [3.63, 3.8) is 0 Å². The SMILES string of the molecule is CCC(Nc1ccnc(C)c1)C(C[N+](=O)[O-])Oc1c(C)cc(Cl)cc1C. The highest BCUT2D eigenvalue weighted by molar-refractivity contribution is 6.30. The number of ether oxygens (including phenoxy) is 1. The number of pyridine rings is 1. The molecule has 1 N–H and O–H groups in total. The van der Waals surface area contributed by atoms with E-state index in [2.05, 4.69) is 10.3 Å². The fourth-order valence-electron chi connectivity index (χ4n) is 2.94. The second kappa shape index (κ2) is 8.85. The Morgan fingerprint density at radius 2 is 1.92 bits per heavy atom. The number of nitro groups is 1. The molecule has 0 fully saturated rings. The topological polar surface area (TPSA) is 77.3 Å². The molecule has 0 amide bonds. The van der Waals surface area contributed by atoms with Crippen LogP contribution in [-0.4, -0.2) is 28.6 Å². The van der Waals surface area contributed by atoms with Gasteiger partial charge >= 0.3 is 0 Å². The van der Waals surface area contributed by atoms with Crippen LogP contribution in [0.2, 0.25) is 5.02 Å². The van der Waals surface area contributed by atoms with E-state index in [1.165, 1.54) is 0 Å². The Hall–Kier alpha value is -2.34. The summed E-state index contributed by atoms with van der Waals surface area (Å²) in [5.74, 6) is 0.646. The molecule has 7 heteroatoms. The molecule has 2 atom stereocenters. The molecule has 2 unspecified atom stereocenters. The van der Waals surface area contributed by atoms with Gasteiger partial charge in [-0.25, -0.2) is 0 Å². The number of rotatable bonds is 8. The molecule has 0 aliphatic carbocycles. The number of hydrogen-bond acceptors (Lipinski definition) is 5. The van der Waals surface area contributed by atoms with E-state index in [4.69, 9.17) is 16.3 Å². The Bertz CT molecular complexity index is 759. The van der Waals surface area contributed by atoms with Gasteiger partial charge in [0, 0.05) is 27.5 Å². The minimum Gasteiger partial charge on any atom is -0.481 e. The van der Waals surface area contributed by atoms with Gasteiger partial charge in [-0.05, 0) is 62.6 Å². The molecule has 1 aromatic heterocycles. The molecule has 1 heterocycles. The summed E-state index contributed by atoms with van der Waals surface area (Å²) >= 11 is 6.07. The van der Waals surface area contributed by atoms with Crippen molar-refractivity contribution >= 4 is 17.3 Å². The van der Waals surface area contributed by atoms with Gasteiger partial charge in [0.05, 0.1) is 6.04 Å². The Kier molecular flexibility index (Phi) is 6.80. The number of aryl methyl sites for hydroxylation is 3. The van der Waals surface area contributed by atoms with Crippen LogP contribution in [0, 0.1) is 30.9 Å². The monoisotopic (exact) mass is 377 g/mol. The van der Waals surface area contributed by atoms with Gasteiger partial charge in [-0.15, -0.1) is 0 Å². The Balaban J connectivity index is 2.28. The van der Waals surface area contributed by atoms with Crippen molar-refractivity contribution in [3.05, 3.63) is 62.4 Å². The standard InChI is InChI=1S/C19H24ClN3O3/c1-5-17(22-16-6-7-21-14(4)10-16)18(11-23(24)25)26-19-12(2)8-15(20)9-13(19)3/h6-10,17-18H,5,11H2,1-4H3,(H,21,22). The highest BCUT2D eigenvalue weighted by Crippen LogP contribution is 2.29. The summed E-state index contributed by atoms with van der Waals surface area (Å²) in [5.41, 5.74) is 3.46. The number of hydrogen-bond donors (Lipinski definition) is 1. The van der Waals surface area contributed by atoms with Crippen LogP contribution in [0.15, 0.2) is 30.5 Å². The third-order valence-corrected chi connectivity index (χ3v) is 4.38. The van der Waals surface area contributed by atoms with Gasteiger partial charge in [0.15, 0.2) is 6.10 Å². The molecule has 0 radical (unpaired) electrons. The zero-order chi connectivity index (χ0) is 19.3. The van der Waals surface area contributed by atoms with E-state index < -0.39 is 6.10 Å². The van der Waals surface area contributed by atoms with Crippen LogP contribution in [0.4, 0.5) is 5.69 Å². The number of anilines is 1. The summed E-state index contributed by atoms with van der Waals surface area (Å²) in [6, 6.07) is 7.13. The van der Waals surface area contributed by atoms with Crippen molar-refractivity contribution in [2.45, 2.75) is 46.3 Å². The molecule has 0 bridgehead atoms. The predicted octanol–water partition coefficient (Wildman–Crippen LogP) is 4.58. The zero-order valence-corrected chi connectivity index (χ0v) is 16.2. The summed E-state index contributed by atoms with van der Waals surface area (Å²) < 4.78 is 6.12. The molecule has 0 spiro atoms. The Morgan fingerprint density at radius 1 is 1.27 bits per heavy atom. The van der Waals surface area contributed by atoms with E-state index in [0.29, 0.717) is 17.2 Å². The lowest BCUT2D eigenvalue weighted by molar-refractivity contribution is -0.489. The van der Waals surface area contributed by atoms with Crippen LogP contribution in [0.1, 0.15) is 30.2 Å². The average molecular weight is 378 g/mol. The maximum absolute atomic E-state index is 11.2. The van der Waals surface area contributed by atoms with Crippen molar-refractivity contribution in [1.82, 2.24) is 4.98 Å². The second-order valence-electron chi connectivity index (χ2n) is 6.39. The van der Waals surface area contributed by atoms with E-state index in [-0.39, 0.29) is 17.5 Å². The Labute approximate surface area is 158 Å². The molecule has 140 valence electrons. The number of halogens is 1. The van der Waals surface area contributed by atoms with Gasteiger partial charge in [-0.2, -0.15) is 0 Å². The van der Waals surface area contributed by atoms with Crippen molar-refractivity contribution in [3.8, 4) is 5.75 Å². The summed E-state index contributed by atoms with van der Waals surface area (Å²) in [6.45, 7) is 7.36. The maximum Gasteiger partial charge on any atom is 0.242 e. The van der Waals surface area contributed by atoms with Crippen LogP contribution in [0.25, 0.3) is 0 Å². The molecular formula is C19H24ClN3O3. The molecule has 6 nitrogen and oxygen atoms in total. The second-order valence-corrected chi connectivity index (χ2v) is 6.82. The summed E-state index contributed by atoms with van der Waals surface area (Å²) in [4.78, 5) is 15.1. The predicted molar refractivity (Wildman–Crippen MR) is 104 cm³/mol. The van der Waals surface area contributed by atoms with Crippen LogP contribution in [0.3, 0.4) is 0 Å². The highest BCUT2D eigenvalue weighted by atomic mass is 35.5. The number of nitrogens with zero attached hydrogens (tertiary/aromatic N) is 2. The van der Waals surface area contributed by atoms with Gasteiger partial charge in [0.25, 0.3) is 0 Å². The average Bonchev–Trinajstić information content (AvgIpc) is 2.54. The third-order valence-electron chi connectivity index (χ3n) is 4.16. The summed E-state index contributed by atoms with van der Waals surface area (Å²) in [7, 11) is 0. The van der Waals surface area contributed by atoms with E-state index in [1.807, 2.05) is 39.8 Å². The maximum atomic E-state index is 11.2. The van der Waals surface area contributed by atoms with Crippen LogP contribution < -0.4 is 10.1 Å². The normalized spacial score (nSPS) is 13.1. The Morgan fingerprint density at radius 3 is 2.46 bits per heavy atom. The molecule has 0 aliphatic heterocycles. The molecule has 26 heavy (non-hydrogen) atoms. The van der Waals surface area contributed by atoms with Crippen molar-refractivity contribution in [1.29, 1.82) is 0 Å². The van der Waals surface area contributed by atoms with Gasteiger partial charge in [0.1, 0.15) is 5.75 Å². The fraction of sp³-hybridized carbons (Fsp3) is 0.421. The van der Waals surface area contributed by atoms with Crippen molar-refractivity contribution in [2.75, 3.05) is 11.9 Å². The lowest BCUT2D eigenvalue weighted by Gasteiger charge is -2.27. The van der Waals surface area contributed by atoms with E-state index >= 15 is 0 Å². The number of nitrogens with one attached hydrogen (secondary N) is 1. The van der Waals surface area contributed by atoms with Gasteiger partial charge in [-0.3, -0.25) is 15.1 Å². The molecule has 2 rings (SSSR count). The minimum atomic E-state index is -0.623. The van der Waals surface area contributed by atoms with Crippen LogP contribution in [-0.2, 0) is 0 Å². The van der Waals surface area contributed by atoms with Crippen LogP contribution >= 0.6 is 11.6 Å². The summed E-state index contributed by atoms with van der Waals surface area (Å²) in [5, 5.41) is 15.2. The summed E-state index contributed by atoms with van der Waals surface area (Å²) in [6.07, 6.45) is 1.76. The first-order chi connectivity index (χ1) is 12.3. The largest absolute Gasteiger partial charge is 0.481 e. The highest BCUT2D eigenvalue weighted by Gasteiger charge is 2.28. The first kappa shape index (κ1) is 20.0. The smallest absolute Gasteiger partial charge is 0.242 e. The lowest BCUT2D eigenvalue weighted by Crippen LogP contribution is -2.42. The fourth-order valence-corrected chi connectivity index (χ4v) is 3.26. The van der Waals surface area contributed by atoms with Crippen molar-refractivity contribution in [2.24, 2.45) is 0 Å². The van der Waals surface area contributed by atoms with E-state index in [0.717, 1.165) is 22.5 Å². The van der Waals surface area contributed by atoms with Gasteiger partial charge in [0.2, 0.25) is 6.54 Å². The van der Waals surface area contributed by atoms with Crippen molar-refractivity contribution < 1.29 is 9.66 Å². The number of aromatic nitrogens is 1. The lowest BCUT2D eigenvalue weighted by atomic mass is 10.1. The molecular weight excluding hydrogens is 354 g/mol.